The van der Waals surface area contributed by atoms with Gasteiger partial charge in [-0.3, -0.25) is 14.5 Å². The van der Waals surface area contributed by atoms with Gasteiger partial charge in [-0.2, -0.15) is 0 Å². The summed E-state index contributed by atoms with van der Waals surface area (Å²) in [6, 6.07) is 5.15. The molecular formula is C16H17NO4S2. The van der Waals surface area contributed by atoms with Crippen LogP contribution in [-0.4, -0.2) is 34.2 Å². The van der Waals surface area contributed by atoms with Crippen molar-refractivity contribution in [2.45, 2.75) is 20.8 Å². The van der Waals surface area contributed by atoms with Crippen molar-refractivity contribution in [2.75, 3.05) is 13.2 Å². The minimum Gasteiger partial charge on any atom is -0.490 e. The SMILES string of the molecule is CCOc1cc(/C=C2/SC(=S)N(CC)C2=O)ccc1OC(C)=O. The molecule has 7 heteroatoms. The summed E-state index contributed by atoms with van der Waals surface area (Å²) in [6.07, 6.45) is 1.76. The van der Waals surface area contributed by atoms with E-state index in [9.17, 15) is 9.59 Å². The fourth-order valence-electron chi connectivity index (χ4n) is 2.05. The van der Waals surface area contributed by atoms with Crippen LogP contribution in [0, 0.1) is 0 Å². The second kappa shape index (κ2) is 7.61. The van der Waals surface area contributed by atoms with Crippen molar-refractivity contribution in [2.24, 2.45) is 0 Å². The minimum absolute atomic E-state index is 0.0930. The van der Waals surface area contributed by atoms with E-state index >= 15 is 0 Å². The summed E-state index contributed by atoms with van der Waals surface area (Å²) in [6.45, 7) is 6.05. The van der Waals surface area contributed by atoms with Crippen molar-refractivity contribution in [3.8, 4) is 11.5 Å². The van der Waals surface area contributed by atoms with Gasteiger partial charge in [0.2, 0.25) is 0 Å². The van der Waals surface area contributed by atoms with Crippen LogP contribution >= 0.6 is 24.0 Å². The molecule has 0 saturated carbocycles. The predicted molar refractivity (Wildman–Crippen MR) is 94.5 cm³/mol. The molecule has 0 N–H and O–H groups in total. The summed E-state index contributed by atoms with van der Waals surface area (Å²) in [5, 5.41) is 0. The van der Waals surface area contributed by atoms with Gasteiger partial charge in [-0.1, -0.05) is 30.0 Å². The number of hydrogen-bond acceptors (Lipinski definition) is 6. The number of likely N-dealkylation sites (N-methyl/N-ethyl adjacent to an activating group) is 1. The highest BCUT2D eigenvalue weighted by atomic mass is 32.2. The Hall–Kier alpha value is -1.86. The second-order valence-corrected chi connectivity index (χ2v) is 6.33. The lowest BCUT2D eigenvalue weighted by molar-refractivity contribution is -0.132. The van der Waals surface area contributed by atoms with Gasteiger partial charge in [-0.25, -0.2) is 0 Å². The molecule has 23 heavy (non-hydrogen) atoms. The van der Waals surface area contributed by atoms with Crippen LogP contribution in [-0.2, 0) is 9.59 Å². The van der Waals surface area contributed by atoms with Gasteiger partial charge in [0.25, 0.3) is 5.91 Å². The van der Waals surface area contributed by atoms with Crippen LogP contribution in [0.3, 0.4) is 0 Å². The second-order valence-electron chi connectivity index (χ2n) is 4.66. The quantitative estimate of drug-likeness (QED) is 0.351. The summed E-state index contributed by atoms with van der Waals surface area (Å²) < 4.78 is 11.2. The summed E-state index contributed by atoms with van der Waals surface area (Å²) in [4.78, 5) is 25.5. The highest BCUT2D eigenvalue weighted by Gasteiger charge is 2.30. The maximum Gasteiger partial charge on any atom is 0.308 e. The van der Waals surface area contributed by atoms with Crippen LogP contribution in [0.15, 0.2) is 23.1 Å². The first-order valence-corrected chi connectivity index (χ1v) is 8.39. The molecule has 1 aliphatic heterocycles. The highest BCUT2D eigenvalue weighted by molar-refractivity contribution is 8.26. The Morgan fingerprint density at radius 2 is 2.09 bits per heavy atom. The smallest absolute Gasteiger partial charge is 0.308 e. The zero-order chi connectivity index (χ0) is 17.0. The predicted octanol–water partition coefficient (Wildman–Crippen LogP) is 3.23. The number of nitrogens with zero attached hydrogens (tertiary/aromatic N) is 1. The molecular weight excluding hydrogens is 334 g/mol. The third-order valence-electron chi connectivity index (χ3n) is 3.01. The summed E-state index contributed by atoms with van der Waals surface area (Å²) in [5.41, 5.74) is 0.779. The fraction of sp³-hybridized carbons (Fsp3) is 0.312. The first kappa shape index (κ1) is 17.5. The molecule has 1 amide bonds. The molecule has 122 valence electrons. The van der Waals surface area contributed by atoms with Gasteiger partial charge < -0.3 is 9.47 Å². The van der Waals surface area contributed by atoms with Crippen molar-refractivity contribution in [3.63, 3.8) is 0 Å². The maximum absolute atomic E-state index is 12.2. The number of thioether (sulfide) groups is 1. The van der Waals surface area contributed by atoms with Crippen LogP contribution < -0.4 is 9.47 Å². The van der Waals surface area contributed by atoms with Crippen LogP contribution in [0.2, 0.25) is 0 Å². The largest absolute Gasteiger partial charge is 0.490 e. The van der Waals surface area contributed by atoms with Crippen molar-refractivity contribution in [1.29, 1.82) is 0 Å². The number of ether oxygens (including phenoxy) is 2. The zero-order valence-corrected chi connectivity index (χ0v) is 14.8. The minimum atomic E-state index is -0.414. The standard InChI is InChI=1S/C16H17NO4S2/c1-4-17-15(19)14(23-16(17)22)9-11-6-7-12(21-10(3)18)13(8-11)20-5-2/h6-9H,4-5H2,1-3H3/b14-9+. The fourth-order valence-corrected chi connectivity index (χ4v) is 3.43. The number of carbonyl (C=O) groups excluding carboxylic acids is 2. The molecule has 0 atom stereocenters. The maximum atomic E-state index is 12.2. The lowest BCUT2D eigenvalue weighted by Gasteiger charge is -2.11. The van der Waals surface area contributed by atoms with E-state index in [2.05, 4.69) is 0 Å². The molecule has 1 aromatic rings. The molecule has 5 nitrogen and oxygen atoms in total. The van der Waals surface area contributed by atoms with Crippen molar-refractivity contribution >= 4 is 46.3 Å². The Balaban J connectivity index is 2.32. The van der Waals surface area contributed by atoms with Gasteiger partial charge in [-0.05, 0) is 37.6 Å². The molecule has 0 radical (unpaired) electrons. The van der Waals surface area contributed by atoms with Crippen molar-refractivity contribution in [3.05, 3.63) is 28.7 Å². The van der Waals surface area contributed by atoms with Gasteiger partial charge in [0.1, 0.15) is 4.32 Å². The number of benzene rings is 1. The molecule has 1 heterocycles. The Bertz CT molecular complexity index is 685. The normalized spacial score (nSPS) is 16.1. The molecule has 1 fully saturated rings. The van der Waals surface area contributed by atoms with E-state index in [-0.39, 0.29) is 5.91 Å². The lowest BCUT2D eigenvalue weighted by atomic mass is 10.2. The third-order valence-corrected chi connectivity index (χ3v) is 4.39. The number of rotatable bonds is 5. The molecule has 0 unspecified atom stereocenters. The Morgan fingerprint density at radius 3 is 2.65 bits per heavy atom. The van der Waals surface area contributed by atoms with E-state index in [0.717, 1.165) is 5.56 Å². The first-order chi connectivity index (χ1) is 11.0. The Kier molecular flexibility index (Phi) is 5.79. The van der Waals surface area contributed by atoms with Gasteiger partial charge in [-0.15, -0.1) is 0 Å². The van der Waals surface area contributed by atoms with E-state index in [1.165, 1.54) is 18.7 Å². The molecule has 0 spiro atoms. The van der Waals surface area contributed by atoms with E-state index in [1.54, 1.807) is 29.2 Å². The van der Waals surface area contributed by atoms with E-state index < -0.39 is 5.97 Å². The van der Waals surface area contributed by atoms with Crippen LogP contribution in [0.4, 0.5) is 0 Å². The highest BCUT2D eigenvalue weighted by Crippen LogP contribution is 2.34. The number of carbonyl (C=O) groups is 2. The molecule has 1 aliphatic rings. The molecule has 0 bridgehead atoms. The number of amides is 1. The van der Waals surface area contributed by atoms with Crippen molar-refractivity contribution in [1.82, 2.24) is 4.90 Å². The van der Waals surface area contributed by atoms with E-state index in [1.807, 2.05) is 13.8 Å². The van der Waals surface area contributed by atoms with Gasteiger partial charge in [0.15, 0.2) is 11.5 Å². The van der Waals surface area contributed by atoms with Crippen molar-refractivity contribution < 1.29 is 19.1 Å². The Morgan fingerprint density at radius 1 is 1.35 bits per heavy atom. The Labute approximate surface area is 144 Å². The molecule has 0 aromatic heterocycles. The molecule has 1 aromatic carbocycles. The van der Waals surface area contributed by atoms with Crippen LogP contribution in [0.1, 0.15) is 26.3 Å². The summed E-state index contributed by atoms with van der Waals surface area (Å²) in [5.74, 6) is 0.312. The van der Waals surface area contributed by atoms with Crippen LogP contribution in [0.25, 0.3) is 6.08 Å². The van der Waals surface area contributed by atoms with Gasteiger partial charge in [0, 0.05) is 13.5 Å². The zero-order valence-electron chi connectivity index (χ0n) is 13.1. The number of hydrogen-bond donors (Lipinski definition) is 0. The van der Waals surface area contributed by atoms with E-state index in [4.69, 9.17) is 21.7 Å². The average molecular weight is 351 g/mol. The summed E-state index contributed by atoms with van der Waals surface area (Å²) >= 11 is 6.47. The lowest BCUT2D eigenvalue weighted by Crippen LogP contribution is -2.27. The topological polar surface area (TPSA) is 55.8 Å². The number of esters is 1. The van der Waals surface area contributed by atoms with Gasteiger partial charge in [0.05, 0.1) is 11.5 Å². The monoisotopic (exact) mass is 351 g/mol. The molecule has 0 aliphatic carbocycles. The number of thiocarbonyl (C=S) groups is 1. The molecule has 1 saturated heterocycles. The third kappa shape index (κ3) is 4.11. The average Bonchev–Trinajstić information content (AvgIpc) is 2.75. The van der Waals surface area contributed by atoms with E-state index in [0.29, 0.717) is 33.9 Å². The summed E-state index contributed by atoms with van der Waals surface area (Å²) in [7, 11) is 0. The first-order valence-electron chi connectivity index (χ1n) is 7.16. The molecule has 2 rings (SSSR count). The van der Waals surface area contributed by atoms with Gasteiger partial charge >= 0.3 is 5.97 Å². The van der Waals surface area contributed by atoms with Crippen LogP contribution in [0.5, 0.6) is 11.5 Å².